The Kier molecular flexibility index (Phi) is 7.52. The van der Waals surface area contributed by atoms with Crippen molar-refractivity contribution in [1.29, 1.82) is 0 Å². The monoisotopic (exact) mass is 348 g/mol. The molecule has 1 aromatic carbocycles. The maximum absolute atomic E-state index is 12.2. The molecule has 1 aromatic rings. The molecule has 1 fully saturated rings. The number of piperazine rings is 1. The lowest BCUT2D eigenvalue weighted by Crippen LogP contribution is -2.46. The highest BCUT2D eigenvalue weighted by molar-refractivity contribution is 5.93. The van der Waals surface area contributed by atoms with Gasteiger partial charge >= 0.3 is 6.03 Å². The molecule has 1 atom stereocenters. The van der Waals surface area contributed by atoms with Crippen LogP contribution in [-0.4, -0.2) is 61.4 Å². The molecule has 0 saturated carbocycles. The maximum atomic E-state index is 12.2. The van der Waals surface area contributed by atoms with Crippen molar-refractivity contribution in [1.82, 2.24) is 10.2 Å². The van der Waals surface area contributed by atoms with Crippen molar-refractivity contribution in [2.75, 3.05) is 49.5 Å². The van der Waals surface area contributed by atoms with Crippen molar-refractivity contribution < 1.29 is 9.90 Å². The molecule has 1 aliphatic rings. The Hall–Kier alpha value is -1.79. The van der Waals surface area contributed by atoms with Gasteiger partial charge in [0.15, 0.2) is 0 Å². The predicted molar refractivity (Wildman–Crippen MR) is 103 cm³/mol. The summed E-state index contributed by atoms with van der Waals surface area (Å²) in [5, 5.41) is 15.6. The fourth-order valence-electron chi connectivity index (χ4n) is 3.16. The summed E-state index contributed by atoms with van der Waals surface area (Å²) in [7, 11) is 0. The molecule has 6 nitrogen and oxygen atoms in total. The van der Waals surface area contributed by atoms with Gasteiger partial charge in [0.1, 0.15) is 0 Å². The van der Waals surface area contributed by atoms with Crippen LogP contribution in [0.25, 0.3) is 0 Å². The van der Waals surface area contributed by atoms with Gasteiger partial charge in [-0.05, 0) is 31.0 Å². The van der Waals surface area contributed by atoms with Gasteiger partial charge in [0.25, 0.3) is 0 Å². The highest BCUT2D eigenvalue weighted by Gasteiger charge is 2.19. The van der Waals surface area contributed by atoms with Gasteiger partial charge in [-0.1, -0.05) is 32.9 Å². The van der Waals surface area contributed by atoms with Crippen molar-refractivity contribution >= 4 is 17.4 Å². The van der Waals surface area contributed by atoms with E-state index in [2.05, 4.69) is 41.2 Å². The summed E-state index contributed by atoms with van der Waals surface area (Å²) in [6.45, 7) is 11.6. The van der Waals surface area contributed by atoms with Crippen molar-refractivity contribution in [3.05, 3.63) is 24.3 Å². The number of aliphatic hydroxyl groups excluding tert-OH is 1. The van der Waals surface area contributed by atoms with E-state index in [0.717, 1.165) is 44.1 Å². The summed E-state index contributed by atoms with van der Waals surface area (Å²) in [6.07, 6.45) is 0.168. The third kappa shape index (κ3) is 6.21. The number of carbonyl (C=O) groups excluding carboxylic acids is 1. The number of anilines is 2. The van der Waals surface area contributed by atoms with E-state index in [-0.39, 0.29) is 12.6 Å². The number of urea groups is 1. The number of carbonyl (C=O) groups is 1. The Morgan fingerprint density at radius 3 is 2.52 bits per heavy atom. The van der Waals surface area contributed by atoms with Crippen LogP contribution >= 0.6 is 0 Å². The van der Waals surface area contributed by atoms with E-state index in [1.54, 1.807) is 0 Å². The number of aliphatic hydroxyl groups is 1. The molecule has 140 valence electrons. The van der Waals surface area contributed by atoms with E-state index in [4.69, 9.17) is 0 Å². The van der Waals surface area contributed by atoms with Crippen LogP contribution in [0.1, 0.15) is 27.2 Å². The van der Waals surface area contributed by atoms with Crippen molar-refractivity contribution in [2.24, 2.45) is 5.92 Å². The standard InChI is InChI=1S/C19H32N4O2/c1-4-22-9-11-23(12-10-22)18-8-6-5-7-17(18)21-19(25)20-14-16(24)13-15(2)3/h5-8,15-16,24H,4,9-14H2,1-3H3,(H2,20,21,25). The molecule has 0 aliphatic carbocycles. The first-order chi connectivity index (χ1) is 12.0. The number of nitrogens with one attached hydrogen (secondary N) is 2. The molecule has 1 saturated heterocycles. The van der Waals surface area contributed by atoms with Crippen LogP contribution in [0.3, 0.4) is 0 Å². The lowest BCUT2D eigenvalue weighted by molar-refractivity contribution is 0.148. The lowest BCUT2D eigenvalue weighted by atomic mass is 10.1. The Morgan fingerprint density at radius 2 is 1.88 bits per heavy atom. The molecule has 25 heavy (non-hydrogen) atoms. The first kappa shape index (κ1) is 19.5. The number of hydrogen-bond acceptors (Lipinski definition) is 4. The summed E-state index contributed by atoms with van der Waals surface area (Å²) in [5.74, 6) is 0.405. The summed E-state index contributed by atoms with van der Waals surface area (Å²) in [4.78, 5) is 16.9. The minimum atomic E-state index is -0.511. The van der Waals surface area contributed by atoms with E-state index >= 15 is 0 Å². The molecule has 6 heteroatoms. The molecule has 1 unspecified atom stereocenters. The largest absolute Gasteiger partial charge is 0.391 e. The molecule has 3 N–H and O–H groups in total. The zero-order chi connectivity index (χ0) is 18.2. The van der Waals surface area contributed by atoms with Gasteiger partial charge in [0, 0.05) is 32.7 Å². The first-order valence-corrected chi connectivity index (χ1v) is 9.28. The van der Waals surface area contributed by atoms with E-state index < -0.39 is 6.10 Å². The average Bonchev–Trinajstić information content (AvgIpc) is 2.60. The fourth-order valence-corrected chi connectivity index (χ4v) is 3.16. The van der Waals surface area contributed by atoms with Gasteiger partial charge in [0.05, 0.1) is 17.5 Å². The zero-order valence-corrected chi connectivity index (χ0v) is 15.7. The molecule has 1 heterocycles. The van der Waals surface area contributed by atoms with Crippen LogP contribution in [0.5, 0.6) is 0 Å². The number of hydrogen-bond donors (Lipinski definition) is 3. The number of benzene rings is 1. The predicted octanol–water partition coefficient (Wildman–Crippen LogP) is 2.36. The molecule has 0 spiro atoms. The van der Waals surface area contributed by atoms with Crippen LogP contribution < -0.4 is 15.5 Å². The van der Waals surface area contributed by atoms with Crippen LogP contribution in [0.15, 0.2) is 24.3 Å². The SMILES string of the molecule is CCN1CCN(c2ccccc2NC(=O)NCC(O)CC(C)C)CC1. The van der Waals surface area contributed by atoms with Gasteiger partial charge in [-0.25, -0.2) is 4.79 Å². The van der Waals surface area contributed by atoms with Gasteiger partial charge in [-0.2, -0.15) is 0 Å². The number of amides is 2. The smallest absolute Gasteiger partial charge is 0.319 e. The van der Waals surface area contributed by atoms with E-state index in [0.29, 0.717) is 12.3 Å². The van der Waals surface area contributed by atoms with Gasteiger partial charge in [0.2, 0.25) is 0 Å². The molecular formula is C19H32N4O2. The van der Waals surface area contributed by atoms with Gasteiger partial charge < -0.3 is 25.5 Å². The average molecular weight is 348 g/mol. The summed E-state index contributed by atoms with van der Waals surface area (Å²) in [6, 6.07) is 7.62. The van der Waals surface area contributed by atoms with E-state index in [1.165, 1.54) is 0 Å². The first-order valence-electron chi connectivity index (χ1n) is 9.28. The summed E-state index contributed by atoms with van der Waals surface area (Å²) < 4.78 is 0. The number of rotatable bonds is 7. The number of nitrogens with zero attached hydrogens (tertiary/aromatic N) is 2. The van der Waals surface area contributed by atoms with Gasteiger partial charge in [-0.15, -0.1) is 0 Å². The second-order valence-corrected chi connectivity index (χ2v) is 7.06. The Balaban J connectivity index is 1.91. The van der Waals surface area contributed by atoms with Crippen LogP contribution in [0.4, 0.5) is 16.2 Å². The summed E-state index contributed by atoms with van der Waals surface area (Å²) >= 11 is 0. The summed E-state index contributed by atoms with van der Waals surface area (Å²) in [5.41, 5.74) is 1.86. The van der Waals surface area contributed by atoms with Crippen LogP contribution in [0.2, 0.25) is 0 Å². The zero-order valence-electron chi connectivity index (χ0n) is 15.7. The molecule has 2 rings (SSSR count). The topological polar surface area (TPSA) is 67.8 Å². The molecule has 1 aliphatic heterocycles. The Labute approximate surface area is 151 Å². The molecule has 0 radical (unpaired) electrons. The third-order valence-corrected chi connectivity index (χ3v) is 4.55. The highest BCUT2D eigenvalue weighted by Crippen LogP contribution is 2.26. The minimum Gasteiger partial charge on any atom is -0.391 e. The van der Waals surface area contributed by atoms with Crippen molar-refractivity contribution in [2.45, 2.75) is 33.3 Å². The normalized spacial score (nSPS) is 16.8. The fraction of sp³-hybridized carbons (Fsp3) is 0.632. The third-order valence-electron chi connectivity index (χ3n) is 4.55. The second-order valence-electron chi connectivity index (χ2n) is 7.06. The number of para-hydroxylation sites is 2. The molecule has 0 bridgehead atoms. The van der Waals surface area contributed by atoms with Crippen LogP contribution in [-0.2, 0) is 0 Å². The lowest BCUT2D eigenvalue weighted by Gasteiger charge is -2.36. The second kappa shape index (κ2) is 9.63. The van der Waals surface area contributed by atoms with Crippen LogP contribution in [0, 0.1) is 5.92 Å². The van der Waals surface area contributed by atoms with Crippen molar-refractivity contribution in [3.63, 3.8) is 0 Å². The van der Waals surface area contributed by atoms with Crippen molar-refractivity contribution in [3.8, 4) is 0 Å². The Bertz CT molecular complexity index is 542. The Morgan fingerprint density at radius 1 is 1.20 bits per heavy atom. The van der Waals surface area contributed by atoms with Gasteiger partial charge in [-0.3, -0.25) is 0 Å². The molecular weight excluding hydrogens is 316 g/mol. The molecule has 2 amide bonds. The highest BCUT2D eigenvalue weighted by atomic mass is 16.3. The van der Waals surface area contributed by atoms with E-state index in [1.807, 2.05) is 24.3 Å². The minimum absolute atomic E-state index is 0.265. The maximum Gasteiger partial charge on any atom is 0.319 e. The van der Waals surface area contributed by atoms with E-state index in [9.17, 15) is 9.90 Å². The quantitative estimate of drug-likeness (QED) is 0.708. The number of likely N-dealkylation sites (N-methyl/N-ethyl adjacent to an activating group) is 1. The molecule has 0 aromatic heterocycles.